The Kier molecular flexibility index (Phi) is 10.8. The van der Waals surface area contributed by atoms with E-state index in [0.29, 0.717) is 19.6 Å². The second kappa shape index (κ2) is 11.1. The molecule has 0 radical (unpaired) electrons. The molecule has 0 rings (SSSR count). The molecule has 1 N–H and O–H groups in total. The van der Waals surface area contributed by atoms with Crippen LogP contribution in [0.2, 0.25) is 6.04 Å². The molecule has 0 atom stereocenters. The van der Waals surface area contributed by atoms with Gasteiger partial charge in [-0.15, -0.1) is 0 Å². The summed E-state index contributed by atoms with van der Waals surface area (Å²) in [5, 5.41) is 3.22. The summed E-state index contributed by atoms with van der Waals surface area (Å²) in [4.78, 5) is 11.5. The van der Waals surface area contributed by atoms with Crippen molar-refractivity contribution < 1.29 is 27.3 Å². The van der Waals surface area contributed by atoms with Gasteiger partial charge in [0.05, 0.1) is 0 Å². The number of quaternary nitrogens is 1. The minimum absolute atomic E-state index is 0.155. The molecule has 134 valence electrons. The SMILES string of the molecule is CO[SiH-](CCCNCCC(=O)OCC[N+](C)(C)C)(OC)OC. The van der Waals surface area contributed by atoms with Crippen molar-refractivity contribution in [1.29, 1.82) is 0 Å². The summed E-state index contributed by atoms with van der Waals surface area (Å²) >= 11 is 0. The van der Waals surface area contributed by atoms with Crippen LogP contribution < -0.4 is 5.32 Å². The first-order chi connectivity index (χ1) is 10.3. The minimum atomic E-state index is -2.77. The number of likely N-dealkylation sites (N-methyl/N-ethyl adjacent to an activating group) is 1. The van der Waals surface area contributed by atoms with Crippen LogP contribution in [0.3, 0.4) is 0 Å². The summed E-state index contributed by atoms with van der Waals surface area (Å²) in [6.45, 7) is 2.70. The van der Waals surface area contributed by atoms with E-state index in [1.54, 1.807) is 21.3 Å². The third-order valence-electron chi connectivity index (χ3n) is 3.52. The molecule has 0 aromatic rings. The first-order valence-corrected chi connectivity index (χ1v) is 9.99. The third-order valence-corrected chi connectivity index (χ3v) is 6.79. The number of rotatable bonds is 13. The molecule has 0 aromatic carbocycles. The summed E-state index contributed by atoms with van der Waals surface area (Å²) in [7, 11) is 8.31. The fourth-order valence-corrected chi connectivity index (χ4v) is 3.93. The van der Waals surface area contributed by atoms with Crippen LogP contribution >= 0.6 is 0 Å². The van der Waals surface area contributed by atoms with Gasteiger partial charge >= 0.3 is 135 Å². The molecule has 0 fully saturated rings. The van der Waals surface area contributed by atoms with E-state index in [1.807, 2.05) is 0 Å². The van der Waals surface area contributed by atoms with Gasteiger partial charge in [0.25, 0.3) is 0 Å². The number of hydrogen-bond acceptors (Lipinski definition) is 6. The Labute approximate surface area is 135 Å². The number of hydrogen-bond donors (Lipinski definition) is 1. The summed E-state index contributed by atoms with van der Waals surface area (Å²) in [6, 6.07) is 0.775. The molecular weight excluding hydrogens is 304 g/mol. The maximum atomic E-state index is 11.5. The molecule has 0 spiro atoms. The molecule has 0 amide bonds. The number of esters is 1. The van der Waals surface area contributed by atoms with E-state index in [2.05, 4.69) is 26.5 Å². The molecule has 0 aliphatic heterocycles. The fourth-order valence-electron chi connectivity index (χ4n) is 1.94. The molecule has 0 saturated heterocycles. The molecule has 8 heteroatoms. The van der Waals surface area contributed by atoms with Gasteiger partial charge in [-0.2, -0.15) is 0 Å². The molecule has 0 saturated carbocycles. The molecule has 7 nitrogen and oxygen atoms in total. The van der Waals surface area contributed by atoms with Gasteiger partial charge in [0.2, 0.25) is 0 Å². The monoisotopic (exact) mass is 338 g/mol. The van der Waals surface area contributed by atoms with Gasteiger partial charge in [0.1, 0.15) is 0 Å². The predicted octanol–water partition coefficient (Wildman–Crippen LogP) is 0.216. The molecule has 0 heterocycles. The van der Waals surface area contributed by atoms with Crippen LogP contribution in [0.1, 0.15) is 12.8 Å². The molecular formula is C14H34N2O5Si. The van der Waals surface area contributed by atoms with E-state index in [0.717, 1.165) is 30.0 Å². The van der Waals surface area contributed by atoms with Crippen LogP contribution in [0.4, 0.5) is 0 Å². The molecule has 0 bridgehead atoms. The average molecular weight is 339 g/mol. The second-order valence-corrected chi connectivity index (χ2v) is 9.94. The van der Waals surface area contributed by atoms with Crippen LogP contribution in [0.25, 0.3) is 0 Å². The number of nitrogens with zero attached hydrogens (tertiary/aromatic N) is 1. The predicted molar refractivity (Wildman–Crippen MR) is 88.9 cm³/mol. The van der Waals surface area contributed by atoms with Gasteiger partial charge in [-0.3, -0.25) is 0 Å². The number of carbonyl (C=O) groups excluding carboxylic acids is 1. The zero-order valence-electron chi connectivity index (χ0n) is 15.0. The van der Waals surface area contributed by atoms with Gasteiger partial charge in [-0.25, -0.2) is 0 Å². The van der Waals surface area contributed by atoms with Gasteiger partial charge in [-0.1, -0.05) is 0 Å². The Balaban J connectivity index is 3.63. The topological polar surface area (TPSA) is 66.0 Å². The second-order valence-electron chi connectivity index (χ2n) is 6.37. The van der Waals surface area contributed by atoms with E-state index in [-0.39, 0.29) is 5.97 Å². The van der Waals surface area contributed by atoms with Crippen molar-refractivity contribution in [3.8, 4) is 0 Å². The standard InChI is InChI=1S/C14H34N2O5Si/c1-16(2,3)11-12-21-14(17)8-10-15-9-7-13-22(18-4,19-5)20-6/h15,22H,7-13H2,1-6H3. The van der Waals surface area contributed by atoms with Crippen molar-refractivity contribution in [2.75, 3.05) is 68.7 Å². The first kappa shape index (κ1) is 21.5. The van der Waals surface area contributed by atoms with Crippen LogP contribution in [0.5, 0.6) is 0 Å². The number of ether oxygens (including phenoxy) is 1. The van der Waals surface area contributed by atoms with Crippen LogP contribution in [0.15, 0.2) is 0 Å². The maximum absolute atomic E-state index is 11.5. The summed E-state index contributed by atoms with van der Waals surface area (Å²) in [6.07, 6.45) is 1.28. The van der Waals surface area contributed by atoms with E-state index in [1.165, 1.54) is 0 Å². The zero-order valence-corrected chi connectivity index (χ0v) is 16.2. The van der Waals surface area contributed by atoms with Crippen LogP contribution in [0, 0.1) is 0 Å². The van der Waals surface area contributed by atoms with E-state index >= 15 is 0 Å². The molecule has 22 heavy (non-hydrogen) atoms. The molecule has 0 aliphatic rings. The van der Waals surface area contributed by atoms with Gasteiger partial charge < -0.3 is 0 Å². The Morgan fingerprint density at radius 1 is 1.05 bits per heavy atom. The Morgan fingerprint density at radius 2 is 1.64 bits per heavy atom. The normalized spacial score (nSPS) is 13.2. The Morgan fingerprint density at radius 3 is 2.14 bits per heavy atom. The summed E-state index contributed by atoms with van der Waals surface area (Å²) in [5.74, 6) is -0.155. The van der Waals surface area contributed by atoms with E-state index in [9.17, 15) is 4.79 Å². The van der Waals surface area contributed by atoms with E-state index in [4.69, 9.17) is 18.0 Å². The van der Waals surface area contributed by atoms with Crippen molar-refractivity contribution >= 4 is 14.8 Å². The zero-order chi connectivity index (χ0) is 17.1. The Bertz CT molecular complexity index is 298. The van der Waals surface area contributed by atoms with Gasteiger partial charge in [0.15, 0.2) is 0 Å². The van der Waals surface area contributed by atoms with Crippen molar-refractivity contribution in [1.82, 2.24) is 5.32 Å². The summed E-state index contributed by atoms with van der Waals surface area (Å²) in [5.41, 5.74) is 0. The van der Waals surface area contributed by atoms with Gasteiger partial charge in [0, 0.05) is 0 Å². The average Bonchev–Trinajstić information content (AvgIpc) is 2.46. The van der Waals surface area contributed by atoms with E-state index < -0.39 is 8.80 Å². The van der Waals surface area contributed by atoms with Crippen molar-refractivity contribution in [3.05, 3.63) is 0 Å². The van der Waals surface area contributed by atoms with Crippen molar-refractivity contribution in [3.63, 3.8) is 0 Å². The quantitative estimate of drug-likeness (QED) is 0.224. The molecule has 0 unspecified atom stereocenters. The van der Waals surface area contributed by atoms with Crippen LogP contribution in [-0.4, -0.2) is 88.0 Å². The first-order valence-electron chi connectivity index (χ1n) is 7.76. The summed E-state index contributed by atoms with van der Waals surface area (Å²) < 4.78 is 22.1. The van der Waals surface area contributed by atoms with Crippen molar-refractivity contribution in [2.45, 2.75) is 18.9 Å². The fraction of sp³-hybridized carbons (Fsp3) is 0.929. The van der Waals surface area contributed by atoms with Crippen LogP contribution in [-0.2, 0) is 22.8 Å². The molecule has 0 aliphatic carbocycles. The van der Waals surface area contributed by atoms with Crippen molar-refractivity contribution in [2.24, 2.45) is 0 Å². The molecule has 0 aromatic heterocycles. The Hall–Kier alpha value is -0.513. The number of nitrogens with one attached hydrogen (secondary N) is 1. The van der Waals surface area contributed by atoms with Gasteiger partial charge in [-0.05, 0) is 0 Å². The number of carbonyl (C=O) groups is 1. The third kappa shape index (κ3) is 10.3.